The highest BCUT2D eigenvalue weighted by Gasteiger charge is 2.20. The monoisotopic (exact) mass is 418 g/mol. The van der Waals surface area contributed by atoms with E-state index in [4.69, 9.17) is 23.7 Å². The van der Waals surface area contributed by atoms with E-state index in [1.807, 2.05) is 48.5 Å². The van der Waals surface area contributed by atoms with Gasteiger partial charge in [0.25, 0.3) is 0 Å². The average Bonchev–Trinajstić information content (AvgIpc) is 2.81. The number of fused-ring (bicyclic) bond motifs is 3. The summed E-state index contributed by atoms with van der Waals surface area (Å²) < 4.78 is 28.7. The molecule has 4 rings (SSSR count). The Hall–Kier alpha value is -3.60. The summed E-state index contributed by atoms with van der Waals surface area (Å²) in [5.41, 5.74) is 2.21. The van der Waals surface area contributed by atoms with E-state index in [-0.39, 0.29) is 0 Å². The molecule has 0 atom stereocenters. The molecule has 0 amide bonds. The molecule has 0 bridgehead atoms. The molecule has 160 valence electrons. The van der Waals surface area contributed by atoms with Crippen LogP contribution in [0.4, 0.5) is 0 Å². The lowest BCUT2D eigenvalue weighted by Gasteiger charge is -2.19. The second-order valence-corrected chi connectivity index (χ2v) is 7.26. The number of methoxy groups -OCH3 is 4. The molecule has 0 aliphatic carbocycles. The van der Waals surface area contributed by atoms with Gasteiger partial charge in [0.05, 0.1) is 28.4 Å². The van der Waals surface area contributed by atoms with Crippen molar-refractivity contribution in [1.82, 2.24) is 0 Å². The number of rotatable bonds is 7. The first kappa shape index (κ1) is 20.7. The first-order valence-corrected chi connectivity index (χ1v) is 10.0. The summed E-state index contributed by atoms with van der Waals surface area (Å²) in [6.07, 6.45) is 0. The molecule has 31 heavy (non-hydrogen) atoms. The summed E-state index contributed by atoms with van der Waals surface area (Å²) in [5.74, 6) is 3.17. The van der Waals surface area contributed by atoms with Gasteiger partial charge in [-0.25, -0.2) is 0 Å². The minimum absolute atomic E-state index is 0.462. The number of benzene rings is 4. The van der Waals surface area contributed by atoms with Crippen LogP contribution in [0.3, 0.4) is 0 Å². The van der Waals surface area contributed by atoms with Gasteiger partial charge in [0.15, 0.2) is 23.0 Å². The minimum atomic E-state index is 0.462. The first-order valence-electron chi connectivity index (χ1n) is 10.0. The Morgan fingerprint density at radius 1 is 0.645 bits per heavy atom. The van der Waals surface area contributed by atoms with Crippen LogP contribution in [-0.4, -0.2) is 28.4 Å². The van der Waals surface area contributed by atoms with Gasteiger partial charge >= 0.3 is 0 Å². The Labute approximate surface area is 182 Å². The highest BCUT2D eigenvalue weighted by Crippen LogP contribution is 2.48. The van der Waals surface area contributed by atoms with Crippen molar-refractivity contribution < 1.29 is 23.7 Å². The molecule has 5 nitrogen and oxygen atoms in total. The van der Waals surface area contributed by atoms with E-state index in [1.165, 1.54) is 0 Å². The summed E-state index contributed by atoms with van der Waals surface area (Å²) >= 11 is 0. The van der Waals surface area contributed by atoms with E-state index >= 15 is 0 Å². The highest BCUT2D eigenvalue weighted by atomic mass is 16.5. The van der Waals surface area contributed by atoms with Gasteiger partial charge in [-0.15, -0.1) is 0 Å². The van der Waals surface area contributed by atoms with Crippen LogP contribution in [0.5, 0.6) is 28.7 Å². The smallest absolute Gasteiger partial charge is 0.203 e. The second kappa shape index (κ2) is 8.64. The SMILES string of the molecule is COc1cc2c(cc1OCc1ccccc1)c(C)cc1cc(OC)c(OC)c(OC)c12. The van der Waals surface area contributed by atoms with Crippen LogP contribution >= 0.6 is 0 Å². The van der Waals surface area contributed by atoms with Gasteiger partial charge in [-0.2, -0.15) is 0 Å². The fourth-order valence-corrected chi connectivity index (χ4v) is 3.98. The van der Waals surface area contributed by atoms with E-state index in [0.717, 1.165) is 32.7 Å². The van der Waals surface area contributed by atoms with Gasteiger partial charge in [-0.1, -0.05) is 36.4 Å². The maximum absolute atomic E-state index is 6.13. The van der Waals surface area contributed by atoms with Gasteiger partial charge in [0.2, 0.25) is 5.75 Å². The number of hydrogen-bond donors (Lipinski definition) is 0. The Morgan fingerprint density at radius 3 is 1.97 bits per heavy atom. The largest absolute Gasteiger partial charge is 0.493 e. The highest BCUT2D eigenvalue weighted by molar-refractivity contribution is 6.14. The predicted octanol–water partition coefficient (Wildman–Crippen LogP) is 5.91. The Balaban J connectivity index is 1.94. The van der Waals surface area contributed by atoms with E-state index < -0.39 is 0 Å². The quantitative estimate of drug-likeness (QED) is 0.349. The molecule has 4 aromatic carbocycles. The molecule has 0 aromatic heterocycles. The van der Waals surface area contributed by atoms with Crippen molar-refractivity contribution in [2.75, 3.05) is 28.4 Å². The van der Waals surface area contributed by atoms with Crippen molar-refractivity contribution in [3.63, 3.8) is 0 Å². The van der Waals surface area contributed by atoms with Gasteiger partial charge in [0.1, 0.15) is 6.61 Å². The normalized spacial score (nSPS) is 10.9. The zero-order valence-corrected chi connectivity index (χ0v) is 18.4. The summed E-state index contributed by atoms with van der Waals surface area (Å²) in [6, 6.07) is 18.2. The van der Waals surface area contributed by atoms with E-state index in [9.17, 15) is 0 Å². The van der Waals surface area contributed by atoms with Crippen LogP contribution in [0.1, 0.15) is 11.1 Å². The number of aryl methyl sites for hydroxylation is 1. The van der Waals surface area contributed by atoms with E-state index in [2.05, 4.69) is 13.0 Å². The van der Waals surface area contributed by atoms with E-state index in [0.29, 0.717) is 35.4 Å². The van der Waals surface area contributed by atoms with Gasteiger partial charge in [-0.05, 0) is 52.4 Å². The summed E-state index contributed by atoms with van der Waals surface area (Å²) in [4.78, 5) is 0. The van der Waals surface area contributed by atoms with Gasteiger partial charge in [0, 0.05) is 5.39 Å². The Kier molecular flexibility index (Phi) is 5.76. The van der Waals surface area contributed by atoms with Crippen molar-refractivity contribution in [3.8, 4) is 28.7 Å². The Morgan fingerprint density at radius 2 is 1.32 bits per heavy atom. The minimum Gasteiger partial charge on any atom is -0.493 e. The zero-order chi connectivity index (χ0) is 22.0. The van der Waals surface area contributed by atoms with E-state index in [1.54, 1.807) is 28.4 Å². The average molecular weight is 418 g/mol. The van der Waals surface area contributed by atoms with Crippen LogP contribution in [0.15, 0.2) is 54.6 Å². The van der Waals surface area contributed by atoms with Gasteiger partial charge in [-0.3, -0.25) is 0 Å². The van der Waals surface area contributed by atoms with Crippen LogP contribution in [-0.2, 0) is 6.61 Å². The van der Waals surface area contributed by atoms with Crippen LogP contribution < -0.4 is 23.7 Å². The maximum Gasteiger partial charge on any atom is 0.203 e. The third-order valence-electron chi connectivity index (χ3n) is 5.47. The second-order valence-electron chi connectivity index (χ2n) is 7.26. The summed E-state index contributed by atoms with van der Waals surface area (Å²) in [6.45, 7) is 2.54. The molecule has 0 radical (unpaired) electrons. The summed E-state index contributed by atoms with van der Waals surface area (Å²) in [5, 5.41) is 3.99. The van der Waals surface area contributed by atoms with Crippen LogP contribution in [0.25, 0.3) is 21.5 Å². The zero-order valence-electron chi connectivity index (χ0n) is 18.4. The van der Waals surface area contributed by atoms with Crippen molar-refractivity contribution in [2.45, 2.75) is 13.5 Å². The van der Waals surface area contributed by atoms with Crippen molar-refractivity contribution in [2.24, 2.45) is 0 Å². The standard InChI is InChI=1S/C26H26O5/c1-16-11-18-12-23(28-3)25(29-4)26(30-5)24(18)20-14-21(27-2)22(13-19(16)20)31-15-17-9-7-6-8-10-17/h6-14H,15H2,1-5H3. The third-order valence-corrected chi connectivity index (χ3v) is 5.47. The fraction of sp³-hybridized carbons (Fsp3) is 0.231. The first-order chi connectivity index (χ1) is 15.1. The molecule has 0 fully saturated rings. The molecule has 0 spiro atoms. The third kappa shape index (κ3) is 3.67. The molecule has 0 aliphatic heterocycles. The molecule has 5 heteroatoms. The molecule has 0 aliphatic rings. The molecule has 0 N–H and O–H groups in total. The lowest BCUT2D eigenvalue weighted by atomic mass is 9.96. The lowest BCUT2D eigenvalue weighted by Crippen LogP contribution is -1.99. The number of ether oxygens (including phenoxy) is 5. The summed E-state index contributed by atoms with van der Waals surface area (Å²) in [7, 11) is 6.52. The molecular formula is C26H26O5. The molecule has 0 unspecified atom stereocenters. The van der Waals surface area contributed by atoms with Crippen molar-refractivity contribution in [1.29, 1.82) is 0 Å². The Bertz CT molecular complexity index is 1230. The van der Waals surface area contributed by atoms with Crippen molar-refractivity contribution >= 4 is 21.5 Å². The topological polar surface area (TPSA) is 46.2 Å². The number of hydrogen-bond acceptors (Lipinski definition) is 5. The molecular weight excluding hydrogens is 392 g/mol. The maximum atomic E-state index is 6.13. The molecule has 0 saturated heterocycles. The molecule has 0 saturated carbocycles. The lowest BCUT2D eigenvalue weighted by molar-refractivity contribution is 0.285. The van der Waals surface area contributed by atoms with Gasteiger partial charge < -0.3 is 23.7 Å². The van der Waals surface area contributed by atoms with Crippen LogP contribution in [0, 0.1) is 6.92 Å². The van der Waals surface area contributed by atoms with Crippen molar-refractivity contribution in [3.05, 3.63) is 65.7 Å². The molecule has 0 heterocycles. The van der Waals surface area contributed by atoms with Crippen LogP contribution in [0.2, 0.25) is 0 Å². The molecule has 4 aromatic rings. The fourth-order valence-electron chi connectivity index (χ4n) is 3.98. The predicted molar refractivity (Wildman–Crippen MR) is 123 cm³/mol.